The Kier molecular flexibility index (Phi) is 3.05. The lowest BCUT2D eigenvalue weighted by Gasteiger charge is -2.21. The molecule has 0 spiro atoms. The van der Waals surface area contributed by atoms with Crippen LogP contribution in [0.2, 0.25) is 0 Å². The molecular weight excluding hydrogens is 189 g/mol. The van der Waals surface area contributed by atoms with Gasteiger partial charge in [-0.1, -0.05) is 18.2 Å². The van der Waals surface area contributed by atoms with Crippen LogP contribution in [0.5, 0.6) is 0 Å². The Balaban J connectivity index is 2.23. The smallest absolute Gasteiger partial charge is 0.123 e. The fourth-order valence-electron chi connectivity index (χ4n) is 2.11. The number of likely N-dealkylation sites (tertiary alicyclic amines) is 1. The maximum atomic E-state index is 12.8. The maximum absolute atomic E-state index is 12.8. The molecular formula is C13H16FN. The van der Waals surface area contributed by atoms with Crippen LogP contribution in [0.4, 0.5) is 4.39 Å². The third-order valence-electron chi connectivity index (χ3n) is 2.86. The highest BCUT2D eigenvalue weighted by atomic mass is 19.1. The van der Waals surface area contributed by atoms with Crippen LogP contribution in [0.25, 0.3) is 5.70 Å². The monoisotopic (exact) mass is 205 g/mol. The van der Waals surface area contributed by atoms with Gasteiger partial charge in [-0.05, 0) is 37.5 Å². The minimum Gasteiger partial charge on any atom is -0.371 e. The van der Waals surface area contributed by atoms with Crippen molar-refractivity contribution in [2.24, 2.45) is 0 Å². The Hall–Kier alpha value is -1.31. The van der Waals surface area contributed by atoms with E-state index in [-0.39, 0.29) is 5.82 Å². The Morgan fingerprint density at radius 2 is 1.80 bits per heavy atom. The molecule has 0 amide bonds. The standard InChI is InChI=1S/C13H16FN/c1-2-13(15-9-3-4-10-15)11-5-7-12(14)8-6-11/h2,5-8H,3-4,9-10H2,1H3. The van der Waals surface area contributed by atoms with Crippen LogP contribution in [-0.2, 0) is 0 Å². The summed E-state index contributed by atoms with van der Waals surface area (Å²) in [6.07, 6.45) is 4.63. The van der Waals surface area contributed by atoms with Gasteiger partial charge >= 0.3 is 0 Å². The number of allylic oxidation sites excluding steroid dienone is 1. The van der Waals surface area contributed by atoms with Crippen molar-refractivity contribution in [3.63, 3.8) is 0 Å². The van der Waals surface area contributed by atoms with E-state index in [9.17, 15) is 4.39 Å². The van der Waals surface area contributed by atoms with Gasteiger partial charge in [0.2, 0.25) is 0 Å². The quantitative estimate of drug-likeness (QED) is 0.716. The number of benzene rings is 1. The van der Waals surface area contributed by atoms with Gasteiger partial charge in [0.1, 0.15) is 5.82 Å². The summed E-state index contributed by atoms with van der Waals surface area (Å²) in [5, 5.41) is 0. The molecule has 1 aliphatic rings. The van der Waals surface area contributed by atoms with Crippen molar-refractivity contribution >= 4 is 5.70 Å². The van der Waals surface area contributed by atoms with Crippen molar-refractivity contribution in [3.8, 4) is 0 Å². The molecule has 0 bridgehead atoms. The zero-order chi connectivity index (χ0) is 10.7. The average molecular weight is 205 g/mol. The van der Waals surface area contributed by atoms with E-state index in [1.807, 2.05) is 19.1 Å². The van der Waals surface area contributed by atoms with E-state index in [1.165, 1.54) is 30.7 Å². The van der Waals surface area contributed by atoms with E-state index in [0.717, 1.165) is 18.7 Å². The second kappa shape index (κ2) is 4.47. The summed E-state index contributed by atoms with van der Waals surface area (Å²) < 4.78 is 12.8. The molecule has 0 aliphatic carbocycles. The first-order valence-electron chi connectivity index (χ1n) is 5.48. The van der Waals surface area contributed by atoms with Crippen molar-refractivity contribution in [1.82, 2.24) is 4.90 Å². The maximum Gasteiger partial charge on any atom is 0.123 e. The molecule has 15 heavy (non-hydrogen) atoms. The predicted molar refractivity (Wildman–Crippen MR) is 60.9 cm³/mol. The number of halogens is 1. The highest BCUT2D eigenvalue weighted by molar-refractivity contribution is 5.63. The van der Waals surface area contributed by atoms with E-state index >= 15 is 0 Å². The summed E-state index contributed by atoms with van der Waals surface area (Å²) in [7, 11) is 0. The highest BCUT2D eigenvalue weighted by Gasteiger charge is 2.15. The lowest BCUT2D eigenvalue weighted by Crippen LogP contribution is -2.17. The van der Waals surface area contributed by atoms with Gasteiger partial charge in [-0.2, -0.15) is 0 Å². The third-order valence-corrected chi connectivity index (χ3v) is 2.86. The molecule has 1 saturated heterocycles. The Morgan fingerprint density at radius 3 is 2.33 bits per heavy atom. The van der Waals surface area contributed by atoms with E-state index in [0.29, 0.717) is 0 Å². The molecule has 1 nitrogen and oxygen atoms in total. The molecule has 1 fully saturated rings. The van der Waals surface area contributed by atoms with Crippen LogP contribution >= 0.6 is 0 Å². The van der Waals surface area contributed by atoms with E-state index in [4.69, 9.17) is 0 Å². The third kappa shape index (κ3) is 2.20. The number of hydrogen-bond donors (Lipinski definition) is 0. The molecule has 0 N–H and O–H groups in total. The van der Waals surface area contributed by atoms with Crippen molar-refractivity contribution in [2.45, 2.75) is 19.8 Å². The van der Waals surface area contributed by atoms with Crippen LogP contribution in [0.3, 0.4) is 0 Å². The van der Waals surface area contributed by atoms with Gasteiger partial charge in [0.05, 0.1) is 0 Å². The fourth-order valence-corrected chi connectivity index (χ4v) is 2.11. The SMILES string of the molecule is CC=C(c1ccc(F)cc1)N1CCCC1. The molecule has 2 rings (SSSR count). The molecule has 80 valence electrons. The van der Waals surface area contributed by atoms with E-state index in [1.54, 1.807) is 0 Å². The first-order chi connectivity index (χ1) is 7.31. The van der Waals surface area contributed by atoms with Gasteiger partial charge in [0, 0.05) is 18.8 Å². The van der Waals surface area contributed by atoms with Gasteiger partial charge in [-0.3, -0.25) is 0 Å². The summed E-state index contributed by atoms with van der Waals surface area (Å²) in [4.78, 5) is 2.37. The predicted octanol–water partition coefficient (Wildman–Crippen LogP) is 3.28. The van der Waals surface area contributed by atoms with Gasteiger partial charge in [0.15, 0.2) is 0 Å². The Bertz CT molecular complexity index is 347. The average Bonchev–Trinajstić information content (AvgIpc) is 2.75. The van der Waals surface area contributed by atoms with Crippen molar-refractivity contribution in [1.29, 1.82) is 0 Å². The van der Waals surface area contributed by atoms with Gasteiger partial charge in [-0.25, -0.2) is 4.39 Å². The number of nitrogens with zero attached hydrogens (tertiary/aromatic N) is 1. The normalized spacial score (nSPS) is 17.2. The molecule has 2 heteroatoms. The van der Waals surface area contributed by atoms with Crippen LogP contribution in [0.15, 0.2) is 30.3 Å². The first-order valence-corrected chi connectivity index (χ1v) is 5.48. The Morgan fingerprint density at radius 1 is 1.20 bits per heavy atom. The molecule has 0 unspecified atom stereocenters. The number of hydrogen-bond acceptors (Lipinski definition) is 1. The molecule has 0 saturated carbocycles. The summed E-state index contributed by atoms with van der Waals surface area (Å²) in [5.74, 6) is -0.171. The molecule has 0 radical (unpaired) electrons. The first kappa shape index (κ1) is 10.2. The van der Waals surface area contributed by atoms with Crippen molar-refractivity contribution in [3.05, 3.63) is 41.7 Å². The zero-order valence-corrected chi connectivity index (χ0v) is 9.04. The molecule has 0 aromatic heterocycles. The summed E-state index contributed by atoms with van der Waals surface area (Å²) >= 11 is 0. The lowest BCUT2D eigenvalue weighted by molar-refractivity contribution is 0.492. The minimum absolute atomic E-state index is 0.171. The van der Waals surface area contributed by atoms with Gasteiger partial charge < -0.3 is 4.90 Å². The fraction of sp³-hybridized carbons (Fsp3) is 0.385. The summed E-state index contributed by atoms with van der Waals surface area (Å²) in [6.45, 7) is 4.28. The van der Waals surface area contributed by atoms with Crippen molar-refractivity contribution in [2.75, 3.05) is 13.1 Å². The molecule has 1 aromatic rings. The van der Waals surface area contributed by atoms with Crippen LogP contribution in [0, 0.1) is 5.82 Å². The van der Waals surface area contributed by atoms with Crippen molar-refractivity contribution < 1.29 is 4.39 Å². The lowest BCUT2D eigenvalue weighted by atomic mass is 10.1. The topological polar surface area (TPSA) is 3.24 Å². The van der Waals surface area contributed by atoms with Crippen LogP contribution < -0.4 is 0 Å². The number of rotatable bonds is 2. The minimum atomic E-state index is -0.171. The van der Waals surface area contributed by atoms with Gasteiger partial charge in [-0.15, -0.1) is 0 Å². The van der Waals surface area contributed by atoms with Gasteiger partial charge in [0.25, 0.3) is 0 Å². The molecule has 1 aromatic carbocycles. The molecule has 1 heterocycles. The summed E-state index contributed by atoms with van der Waals surface area (Å²) in [5.41, 5.74) is 2.34. The highest BCUT2D eigenvalue weighted by Crippen LogP contribution is 2.23. The van der Waals surface area contributed by atoms with Crippen LogP contribution in [-0.4, -0.2) is 18.0 Å². The second-order valence-electron chi connectivity index (χ2n) is 3.87. The molecule has 1 aliphatic heterocycles. The Labute approximate surface area is 90.2 Å². The second-order valence-corrected chi connectivity index (χ2v) is 3.87. The molecule has 0 atom stereocenters. The van der Waals surface area contributed by atoms with E-state index < -0.39 is 0 Å². The summed E-state index contributed by atoms with van der Waals surface area (Å²) in [6, 6.07) is 6.75. The van der Waals surface area contributed by atoms with Crippen LogP contribution in [0.1, 0.15) is 25.3 Å². The van der Waals surface area contributed by atoms with E-state index in [2.05, 4.69) is 11.0 Å². The largest absolute Gasteiger partial charge is 0.371 e. The zero-order valence-electron chi connectivity index (χ0n) is 9.04.